The molecule has 0 aromatic heterocycles. The lowest BCUT2D eigenvalue weighted by Gasteiger charge is -2.32. The molecule has 1 heterocycles. The Bertz CT molecular complexity index is 392. The molecule has 0 spiro atoms. The molecule has 1 N–H and O–H groups in total. The molecule has 3 nitrogen and oxygen atoms in total. The zero-order valence-electron chi connectivity index (χ0n) is 11.7. The van der Waals surface area contributed by atoms with Crippen LogP contribution in [0.25, 0.3) is 0 Å². The number of hydrogen-bond donors (Lipinski definition) is 1. The molecule has 1 aromatic carbocycles. The minimum Gasteiger partial charge on any atom is -0.497 e. The standard InChI is InChI=1S/C15H24N2O/c1-4-13-9-15(18-3)6-5-14(13)11-17-8-7-16-12(2)10-17/h5-6,9,12,16H,4,7-8,10-11H2,1-3H3. The van der Waals surface area contributed by atoms with E-state index in [1.54, 1.807) is 7.11 Å². The third-order valence-corrected chi connectivity index (χ3v) is 3.64. The molecule has 1 fully saturated rings. The SMILES string of the molecule is CCc1cc(OC)ccc1CN1CCNC(C)C1. The van der Waals surface area contributed by atoms with Crippen molar-refractivity contribution < 1.29 is 4.74 Å². The Morgan fingerprint density at radius 3 is 2.89 bits per heavy atom. The van der Waals surface area contributed by atoms with Crippen LogP contribution >= 0.6 is 0 Å². The molecule has 1 aliphatic rings. The zero-order valence-corrected chi connectivity index (χ0v) is 11.7. The molecule has 0 bridgehead atoms. The largest absolute Gasteiger partial charge is 0.497 e. The Hall–Kier alpha value is -1.06. The summed E-state index contributed by atoms with van der Waals surface area (Å²) < 4.78 is 5.30. The van der Waals surface area contributed by atoms with Crippen molar-refractivity contribution in [3.63, 3.8) is 0 Å². The van der Waals surface area contributed by atoms with Gasteiger partial charge in [0.2, 0.25) is 0 Å². The summed E-state index contributed by atoms with van der Waals surface area (Å²) in [6, 6.07) is 7.05. The summed E-state index contributed by atoms with van der Waals surface area (Å²) in [5.74, 6) is 0.962. The predicted octanol–water partition coefficient (Wildman–Crippen LogP) is 2.05. The molecule has 2 rings (SSSR count). The number of nitrogens with zero attached hydrogens (tertiary/aromatic N) is 1. The number of hydrogen-bond acceptors (Lipinski definition) is 3. The number of nitrogens with one attached hydrogen (secondary N) is 1. The molecule has 18 heavy (non-hydrogen) atoms. The third-order valence-electron chi connectivity index (χ3n) is 3.64. The number of ether oxygens (including phenoxy) is 1. The summed E-state index contributed by atoms with van der Waals surface area (Å²) in [6.45, 7) is 8.88. The van der Waals surface area contributed by atoms with Gasteiger partial charge < -0.3 is 10.1 Å². The molecule has 0 aliphatic carbocycles. The van der Waals surface area contributed by atoms with E-state index in [1.165, 1.54) is 11.1 Å². The number of methoxy groups -OCH3 is 1. The van der Waals surface area contributed by atoms with Crippen molar-refractivity contribution in [2.24, 2.45) is 0 Å². The van der Waals surface area contributed by atoms with Gasteiger partial charge in [-0.3, -0.25) is 4.90 Å². The van der Waals surface area contributed by atoms with Gasteiger partial charge in [0, 0.05) is 32.2 Å². The maximum Gasteiger partial charge on any atom is 0.119 e. The second-order valence-corrected chi connectivity index (χ2v) is 5.08. The van der Waals surface area contributed by atoms with Crippen molar-refractivity contribution in [1.29, 1.82) is 0 Å². The summed E-state index contributed by atoms with van der Waals surface area (Å²) >= 11 is 0. The summed E-state index contributed by atoms with van der Waals surface area (Å²) in [6.07, 6.45) is 1.06. The average Bonchev–Trinajstić information content (AvgIpc) is 2.39. The number of benzene rings is 1. The van der Waals surface area contributed by atoms with Crippen LogP contribution in [0, 0.1) is 0 Å². The van der Waals surface area contributed by atoms with E-state index in [0.29, 0.717) is 6.04 Å². The molecule has 3 heteroatoms. The first-order valence-electron chi connectivity index (χ1n) is 6.84. The highest BCUT2D eigenvalue weighted by Crippen LogP contribution is 2.20. The second kappa shape index (κ2) is 6.21. The van der Waals surface area contributed by atoms with Gasteiger partial charge >= 0.3 is 0 Å². The highest BCUT2D eigenvalue weighted by Gasteiger charge is 2.16. The van der Waals surface area contributed by atoms with Crippen LogP contribution in [-0.2, 0) is 13.0 Å². The molecule has 1 saturated heterocycles. The lowest BCUT2D eigenvalue weighted by molar-refractivity contribution is 0.199. The first-order valence-corrected chi connectivity index (χ1v) is 6.84. The molecule has 1 atom stereocenters. The lowest BCUT2D eigenvalue weighted by Crippen LogP contribution is -2.48. The Balaban J connectivity index is 2.08. The lowest BCUT2D eigenvalue weighted by atomic mass is 10.0. The van der Waals surface area contributed by atoms with E-state index in [0.717, 1.165) is 38.3 Å². The Morgan fingerprint density at radius 1 is 1.39 bits per heavy atom. The topological polar surface area (TPSA) is 24.5 Å². The fraction of sp³-hybridized carbons (Fsp3) is 0.600. The normalized spacial score (nSPS) is 20.9. The van der Waals surface area contributed by atoms with Crippen LogP contribution in [0.15, 0.2) is 18.2 Å². The van der Waals surface area contributed by atoms with E-state index in [2.05, 4.69) is 42.3 Å². The second-order valence-electron chi connectivity index (χ2n) is 5.08. The average molecular weight is 248 g/mol. The van der Waals surface area contributed by atoms with Gasteiger partial charge in [0.25, 0.3) is 0 Å². The van der Waals surface area contributed by atoms with E-state index in [9.17, 15) is 0 Å². The van der Waals surface area contributed by atoms with Gasteiger partial charge in [0.1, 0.15) is 5.75 Å². The minimum absolute atomic E-state index is 0.599. The van der Waals surface area contributed by atoms with Gasteiger partial charge in [-0.25, -0.2) is 0 Å². The van der Waals surface area contributed by atoms with Crippen LogP contribution in [0.4, 0.5) is 0 Å². The smallest absolute Gasteiger partial charge is 0.119 e. The van der Waals surface area contributed by atoms with Crippen molar-refractivity contribution in [2.75, 3.05) is 26.7 Å². The van der Waals surface area contributed by atoms with Crippen LogP contribution in [0.1, 0.15) is 25.0 Å². The van der Waals surface area contributed by atoms with Crippen molar-refractivity contribution in [2.45, 2.75) is 32.9 Å². The highest BCUT2D eigenvalue weighted by molar-refractivity contribution is 5.35. The van der Waals surface area contributed by atoms with Crippen LogP contribution in [0.3, 0.4) is 0 Å². The molecule has 0 amide bonds. The minimum atomic E-state index is 0.599. The fourth-order valence-electron chi connectivity index (χ4n) is 2.61. The molecular weight excluding hydrogens is 224 g/mol. The number of aryl methyl sites for hydroxylation is 1. The number of piperazine rings is 1. The molecule has 1 aromatic rings. The van der Waals surface area contributed by atoms with Crippen molar-refractivity contribution >= 4 is 0 Å². The van der Waals surface area contributed by atoms with Crippen LogP contribution < -0.4 is 10.1 Å². The van der Waals surface area contributed by atoms with Crippen LogP contribution in [-0.4, -0.2) is 37.7 Å². The van der Waals surface area contributed by atoms with Gasteiger partial charge in [-0.05, 0) is 36.6 Å². The van der Waals surface area contributed by atoms with Crippen LogP contribution in [0.2, 0.25) is 0 Å². The molecule has 1 unspecified atom stereocenters. The summed E-state index contributed by atoms with van der Waals surface area (Å²) in [5.41, 5.74) is 2.84. The Labute approximate surface area is 110 Å². The van der Waals surface area contributed by atoms with Gasteiger partial charge in [-0.2, -0.15) is 0 Å². The molecule has 0 saturated carbocycles. The monoisotopic (exact) mass is 248 g/mol. The molecule has 0 radical (unpaired) electrons. The van der Waals surface area contributed by atoms with Crippen molar-refractivity contribution in [1.82, 2.24) is 10.2 Å². The first-order chi connectivity index (χ1) is 8.72. The van der Waals surface area contributed by atoms with Crippen molar-refractivity contribution in [3.05, 3.63) is 29.3 Å². The summed E-state index contributed by atoms with van der Waals surface area (Å²) in [7, 11) is 1.73. The van der Waals surface area contributed by atoms with E-state index in [-0.39, 0.29) is 0 Å². The Morgan fingerprint density at radius 2 is 2.22 bits per heavy atom. The van der Waals surface area contributed by atoms with Gasteiger partial charge in [-0.1, -0.05) is 13.0 Å². The third kappa shape index (κ3) is 3.24. The molecule has 1 aliphatic heterocycles. The predicted molar refractivity (Wildman–Crippen MR) is 75.1 cm³/mol. The van der Waals surface area contributed by atoms with E-state index < -0.39 is 0 Å². The molecular formula is C15H24N2O. The molecule has 100 valence electrons. The van der Waals surface area contributed by atoms with E-state index in [1.807, 2.05) is 0 Å². The van der Waals surface area contributed by atoms with Gasteiger partial charge in [0.05, 0.1) is 7.11 Å². The van der Waals surface area contributed by atoms with Gasteiger partial charge in [0.15, 0.2) is 0 Å². The number of rotatable bonds is 4. The summed E-state index contributed by atoms with van der Waals surface area (Å²) in [5, 5.41) is 3.48. The summed E-state index contributed by atoms with van der Waals surface area (Å²) in [4.78, 5) is 2.53. The van der Waals surface area contributed by atoms with Crippen LogP contribution in [0.5, 0.6) is 5.75 Å². The first kappa shape index (κ1) is 13.4. The van der Waals surface area contributed by atoms with E-state index >= 15 is 0 Å². The zero-order chi connectivity index (χ0) is 13.0. The Kier molecular flexibility index (Phi) is 4.61. The quantitative estimate of drug-likeness (QED) is 0.882. The van der Waals surface area contributed by atoms with Crippen molar-refractivity contribution in [3.8, 4) is 5.75 Å². The maximum atomic E-state index is 5.30. The maximum absolute atomic E-state index is 5.30. The van der Waals surface area contributed by atoms with Gasteiger partial charge in [-0.15, -0.1) is 0 Å². The fourth-order valence-corrected chi connectivity index (χ4v) is 2.61. The highest BCUT2D eigenvalue weighted by atomic mass is 16.5. The van der Waals surface area contributed by atoms with E-state index in [4.69, 9.17) is 4.74 Å².